The highest BCUT2D eigenvalue weighted by atomic mass is 127. The first-order valence-electron chi connectivity index (χ1n) is 9.04. The summed E-state index contributed by atoms with van der Waals surface area (Å²) in [5, 5.41) is 10.5. The van der Waals surface area contributed by atoms with Gasteiger partial charge in [0.15, 0.2) is 5.96 Å². The van der Waals surface area contributed by atoms with Gasteiger partial charge >= 0.3 is 0 Å². The second-order valence-electron chi connectivity index (χ2n) is 6.66. The van der Waals surface area contributed by atoms with Crippen LogP contribution in [0.4, 0.5) is 10.8 Å². The van der Waals surface area contributed by atoms with Crippen molar-refractivity contribution in [3.05, 3.63) is 41.4 Å². The topological polar surface area (TPSA) is 55.8 Å². The molecule has 0 atom stereocenters. The minimum Gasteiger partial charge on any atom is -0.363 e. The van der Waals surface area contributed by atoms with Crippen LogP contribution in [-0.2, 0) is 6.54 Å². The van der Waals surface area contributed by atoms with Crippen molar-refractivity contribution in [1.29, 1.82) is 0 Å². The van der Waals surface area contributed by atoms with Crippen LogP contribution in [0.25, 0.3) is 0 Å². The van der Waals surface area contributed by atoms with Crippen molar-refractivity contribution in [3.63, 3.8) is 0 Å². The fourth-order valence-corrected chi connectivity index (χ4v) is 3.86. The van der Waals surface area contributed by atoms with E-state index in [1.165, 1.54) is 5.00 Å². The molecular weight excluding hydrogens is 471 g/mol. The number of thiophene rings is 1. The summed E-state index contributed by atoms with van der Waals surface area (Å²) in [6, 6.07) is 10.9. The maximum absolute atomic E-state index is 4.64. The maximum Gasteiger partial charge on any atom is 0.191 e. The Hall–Kier alpha value is -1.55. The second kappa shape index (κ2) is 10.7. The van der Waals surface area contributed by atoms with Crippen LogP contribution in [0.15, 0.2) is 40.7 Å². The lowest BCUT2D eigenvalue weighted by molar-refractivity contribution is 0.462. The highest BCUT2D eigenvalue weighted by Crippen LogP contribution is 2.24. The van der Waals surface area contributed by atoms with Crippen LogP contribution < -0.4 is 20.4 Å². The number of pyridine rings is 1. The molecule has 0 aromatic carbocycles. The van der Waals surface area contributed by atoms with Crippen LogP contribution in [0, 0.1) is 0 Å². The number of nitrogens with zero attached hydrogens (tertiary/aromatic N) is 4. The summed E-state index contributed by atoms with van der Waals surface area (Å²) in [5.74, 6) is 1.81. The number of nitrogens with one attached hydrogen (secondary N) is 2. The molecule has 2 aromatic heterocycles. The number of aromatic nitrogens is 1. The standard InChI is InChI=1S/C19H28N6S.HI/c1-20-19(21-14-16-6-4-7-17(22-16)24(2)3)23-15-9-11-25(12-10-15)18-8-5-13-26-18;/h4-8,13,15H,9-12,14H2,1-3H3,(H2,20,21,23);1H. The first kappa shape index (κ1) is 21.7. The van der Waals surface area contributed by atoms with Gasteiger partial charge in [0.05, 0.1) is 17.2 Å². The molecule has 8 heteroatoms. The van der Waals surface area contributed by atoms with Gasteiger partial charge in [-0.2, -0.15) is 0 Å². The first-order chi connectivity index (χ1) is 12.7. The predicted molar refractivity (Wildman–Crippen MR) is 127 cm³/mol. The second-order valence-corrected chi connectivity index (χ2v) is 7.59. The Morgan fingerprint density at radius 3 is 2.67 bits per heavy atom. The molecule has 6 nitrogen and oxygen atoms in total. The van der Waals surface area contributed by atoms with Gasteiger partial charge in [0.1, 0.15) is 5.82 Å². The van der Waals surface area contributed by atoms with Gasteiger partial charge in [0.2, 0.25) is 0 Å². The molecule has 1 fully saturated rings. The van der Waals surface area contributed by atoms with E-state index in [1.54, 1.807) is 0 Å². The molecule has 0 aliphatic carbocycles. The number of rotatable bonds is 5. The largest absolute Gasteiger partial charge is 0.363 e. The van der Waals surface area contributed by atoms with Crippen molar-refractivity contribution in [2.75, 3.05) is 44.0 Å². The number of guanidine groups is 1. The van der Waals surface area contributed by atoms with Crippen molar-refractivity contribution in [1.82, 2.24) is 15.6 Å². The van der Waals surface area contributed by atoms with Gasteiger partial charge in [0.25, 0.3) is 0 Å². The number of hydrogen-bond acceptors (Lipinski definition) is 5. The van der Waals surface area contributed by atoms with Crippen molar-refractivity contribution in [2.24, 2.45) is 4.99 Å². The highest BCUT2D eigenvalue weighted by molar-refractivity contribution is 14.0. The molecule has 0 saturated carbocycles. The summed E-state index contributed by atoms with van der Waals surface area (Å²) >= 11 is 1.82. The van der Waals surface area contributed by atoms with Crippen LogP contribution in [0.5, 0.6) is 0 Å². The quantitative estimate of drug-likeness (QED) is 0.376. The van der Waals surface area contributed by atoms with Gasteiger partial charge < -0.3 is 20.4 Å². The fraction of sp³-hybridized carbons (Fsp3) is 0.474. The summed E-state index contributed by atoms with van der Waals surface area (Å²) in [5.41, 5.74) is 1.01. The lowest BCUT2D eigenvalue weighted by Gasteiger charge is -2.33. The summed E-state index contributed by atoms with van der Waals surface area (Å²) in [6.45, 7) is 2.83. The molecule has 0 amide bonds. The van der Waals surface area contributed by atoms with Gasteiger partial charge in [-0.1, -0.05) is 6.07 Å². The Bertz CT molecular complexity index is 711. The minimum atomic E-state index is 0. The number of anilines is 2. The van der Waals surface area contributed by atoms with Crippen molar-refractivity contribution >= 4 is 52.1 Å². The van der Waals surface area contributed by atoms with Gasteiger partial charge in [-0.05, 0) is 42.5 Å². The molecule has 1 saturated heterocycles. The normalized spacial score (nSPS) is 15.2. The molecule has 148 valence electrons. The van der Waals surface area contributed by atoms with Crippen molar-refractivity contribution in [3.8, 4) is 0 Å². The SMILES string of the molecule is CN=C(NCc1cccc(N(C)C)n1)NC1CCN(c2cccs2)CC1.I. The lowest BCUT2D eigenvalue weighted by Crippen LogP contribution is -2.48. The van der Waals surface area contributed by atoms with Crippen LogP contribution in [-0.4, -0.2) is 51.2 Å². The Morgan fingerprint density at radius 2 is 2.04 bits per heavy atom. The van der Waals surface area contributed by atoms with E-state index in [0.717, 1.165) is 43.4 Å². The first-order valence-corrected chi connectivity index (χ1v) is 9.92. The van der Waals surface area contributed by atoms with E-state index in [0.29, 0.717) is 12.6 Å². The van der Waals surface area contributed by atoms with Crippen LogP contribution in [0.2, 0.25) is 0 Å². The Balaban J connectivity index is 0.00000261. The monoisotopic (exact) mass is 500 g/mol. The molecule has 2 N–H and O–H groups in total. The zero-order chi connectivity index (χ0) is 18.4. The van der Waals surface area contributed by atoms with E-state index < -0.39 is 0 Å². The number of aliphatic imine (C=N–C) groups is 1. The van der Waals surface area contributed by atoms with Crippen molar-refractivity contribution in [2.45, 2.75) is 25.4 Å². The van der Waals surface area contributed by atoms with Gasteiger partial charge in [-0.25, -0.2) is 4.98 Å². The lowest BCUT2D eigenvalue weighted by atomic mass is 10.1. The summed E-state index contributed by atoms with van der Waals surface area (Å²) in [6.07, 6.45) is 2.24. The highest BCUT2D eigenvalue weighted by Gasteiger charge is 2.20. The molecule has 0 bridgehead atoms. The fourth-order valence-electron chi connectivity index (χ4n) is 3.07. The van der Waals surface area contributed by atoms with Gasteiger partial charge in [-0.15, -0.1) is 35.3 Å². The molecule has 0 radical (unpaired) electrons. The zero-order valence-electron chi connectivity index (χ0n) is 16.2. The number of halogens is 1. The maximum atomic E-state index is 4.64. The van der Waals surface area contributed by atoms with E-state index in [4.69, 9.17) is 0 Å². The molecule has 3 rings (SSSR count). The molecule has 0 spiro atoms. The average Bonchev–Trinajstić information content (AvgIpc) is 3.20. The Morgan fingerprint density at radius 1 is 1.26 bits per heavy atom. The van der Waals surface area contributed by atoms with E-state index in [9.17, 15) is 0 Å². The third-order valence-electron chi connectivity index (χ3n) is 4.56. The van der Waals surface area contributed by atoms with Crippen LogP contribution in [0.3, 0.4) is 0 Å². The molecule has 27 heavy (non-hydrogen) atoms. The van der Waals surface area contributed by atoms with E-state index >= 15 is 0 Å². The zero-order valence-corrected chi connectivity index (χ0v) is 19.3. The van der Waals surface area contributed by atoms with Crippen LogP contribution in [0.1, 0.15) is 18.5 Å². The molecule has 0 unspecified atom stereocenters. The molecule has 1 aliphatic heterocycles. The third-order valence-corrected chi connectivity index (χ3v) is 5.49. The molecule has 1 aliphatic rings. The summed E-state index contributed by atoms with van der Waals surface area (Å²) < 4.78 is 0. The Labute approximate surface area is 183 Å². The third kappa shape index (κ3) is 6.24. The van der Waals surface area contributed by atoms with Crippen LogP contribution >= 0.6 is 35.3 Å². The summed E-state index contributed by atoms with van der Waals surface area (Å²) in [4.78, 5) is 13.5. The van der Waals surface area contributed by atoms with E-state index in [1.807, 2.05) is 55.6 Å². The van der Waals surface area contributed by atoms with Gasteiger partial charge in [0, 0.05) is 40.3 Å². The average molecular weight is 500 g/mol. The molecular formula is C19H29IN6S. The van der Waals surface area contributed by atoms with E-state index in [2.05, 4.69) is 43.0 Å². The van der Waals surface area contributed by atoms with Crippen molar-refractivity contribution < 1.29 is 0 Å². The molecule has 3 heterocycles. The van der Waals surface area contributed by atoms with Gasteiger partial charge in [-0.3, -0.25) is 4.99 Å². The number of piperidine rings is 1. The van der Waals surface area contributed by atoms with E-state index in [-0.39, 0.29) is 24.0 Å². The Kier molecular flexibility index (Phi) is 8.62. The number of hydrogen-bond donors (Lipinski definition) is 2. The smallest absolute Gasteiger partial charge is 0.191 e. The minimum absolute atomic E-state index is 0. The molecule has 2 aromatic rings. The predicted octanol–water partition coefficient (Wildman–Crippen LogP) is 3.16. The summed E-state index contributed by atoms with van der Waals surface area (Å²) in [7, 11) is 5.82.